The lowest BCUT2D eigenvalue weighted by Crippen LogP contribution is -2.45. The fraction of sp³-hybridized carbons (Fsp3) is 0.727. The van der Waals surface area contributed by atoms with Crippen LogP contribution < -0.4 is 5.19 Å². The van der Waals surface area contributed by atoms with Gasteiger partial charge in [-0.1, -0.05) is 42.0 Å². The van der Waals surface area contributed by atoms with Crippen LogP contribution in [0.2, 0.25) is 13.1 Å². The molecule has 0 aromatic heterocycles. The summed E-state index contributed by atoms with van der Waals surface area (Å²) in [7, 11) is -1.57. The van der Waals surface area contributed by atoms with Crippen LogP contribution in [0.1, 0.15) is 72.2 Å². The van der Waals surface area contributed by atoms with Crippen LogP contribution in [0.5, 0.6) is 0 Å². The SMILES string of the molecule is Cc1ccc(C(B2OC(C)(C)C(C)(C)O2)B2OC(C)(C)C(C)(C)O2)c([Si](C)C)c1. The Labute approximate surface area is 179 Å². The van der Waals surface area contributed by atoms with Crippen LogP contribution in [0.15, 0.2) is 18.2 Å². The van der Waals surface area contributed by atoms with E-state index in [1.165, 1.54) is 16.3 Å². The number of hydrogen-bond donors (Lipinski definition) is 0. The van der Waals surface area contributed by atoms with Crippen LogP contribution in [-0.2, 0) is 18.6 Å². The second-order valence-electron chi connectivity index (χ2n) is 10.9. The molecule has 159 valence electrons. The maximum Gasteiger partial charge on any atom is 0.463 e. The lowest BCUT2D eigenvalue weighted by atomic mass is 9.49. The largest absolute Gasteiger partial charge is 0.463 e. The number of aryl methyl sites for hydroxylation is 1. The Morgan fingerprint density at radius 2 is 1.10 bits per heavy atom. The second-order valence-corrected chi connectivity index (χ2v) is 13.4. The molecule has 7 heteroatoms. The summed E-state index contributed by atoms with van der Waals surface area (Å²) in [6.45, 7) is 23.6. The van der Waals surface area contributed by atoms with Crippen molar-refractivity contribution >= 4 is 28.2 Å². The smallest absolute Gasteiger partial charge is 0.403 e. The van der Waals surface area contributed by atoms with Gasteiger partial charge in [0.2, 0.25) is 0 Å². The number of benzene rings is 1. The van der Waals surface area contributed by atoms with Crippen molar-refractivity contribution in [3.05, 3.63) is 29.3 Å². The molecule has 3 rings (SSSR count). The van der Waals surface area contributed by atoms with E-state index in [-0.39, 0.29) is 5.72 Å². The lowest BCUT2D eigenvalue weighted by Gasteiger charge is -2.32. The van der Waals surface area contributed by atoms with Gasteiger partial charge < -0.3 is 18.6 Å². The van der Waals surface area contributed by atoms with Crippen molar-refractivity contribution in [3.8, 4) is 0 Å². The molecule has 0 bridgehead atoms. The molecule has 1 radical (unpaired) electrons. The fourth-order valence-electron chi connectivity index (χ4n) is 3.89. The van der Waals surface area contributed by atoms with Gasteiger partial charge in [-0.3, -0.25) is 0 Å². The van der Waals surface area contributed by atoms with Crippen molar-refractivity contribution in [2.75, 3.05) is 0 Å². The van der Waals surface area contributed by atoms with Crippen molar-refractivity contribution in [2.45, 2.75) is 104 Å². The maximum atomic E-state index is 6.52. The Morgan fingerprint density at radius 1 is 0.724 bits per heavy atom. The summed E-state index contributed by atoms with van der Waals surface area (Å²) in [4.78, 5) is 0. The highest BCUT2D eigenvalue weighted by atomic mass is 28.3. The van der Waals surface area contributed by atoms with Gasteiger partial charge in [0.05, 0.1) is 36.9 Å². The van der Waals surface area contributed by atoms with E-state index in [1.807, 2.05) is 0 Å². The van der Waals surface area contributed by atoms with Gasteiger partial charge in [0.15, 0.2) is 0 Å². The third-order valence-electron chi connectivity index (χ3n) is 7.24. The molecule has 2 aliphatic rings. The predicted octanol–water partition coefficient (Wildman–Crippen LogP) is 4.30. The highest BCUT2D eigenvalue weighted by Gasteiger charge is 2.62. The highest BCUT2D eigenvalue weighted by Crippen LogP contribution is 2.46. The Balaban J connectivity index is 2.10. The van der Waals surface area contributed by atoms with Gasteiger partial charge in [-0.05, 0) is 67.9 Å². The summed E-state index contributed by atoms with van der Waals surface area (Å²) in [6.07, 6.45) is 0. The minimum atomic E-state index is -0.702. The topological polar surface area (TPSA) is 36.9 Å². The van der Waals surface area contributed by atoms with Crippen LogP contribution in [0.4, 0.5) is 0 Å². The molecule has 0 saturated carbocycles. The van der Waals surface area contributed by atoms with E-state index < -0.39 is 45.4 Å². The Kier molecular flexibility index (Phi) is 5.76. The van der Waals surface area contributed by atoms with Gasteiger partial charge in [-0.2, -0.15) is 0 Å². The Morgan fingerprint density at radius 3 is 1.45 bits per heavy atom. The minimum Gasteiger partial charge on any atom is -0.403 e. The number of rotatable bonds is 4. The molecule has 2 aliphatic heterocycles. The summed E-state index contributed by atoms with van der Waals surface area (Å²) < 4.78 is 26.1. The van der Waals surface area contributed by atoms with Crippen molar-refractivity contribution in [2.24, 2.45) is 0 Å². The van der Waals surface area contributed by atoms with Crippen molar-refractivity contribution in [1.82, 2.24) is 0 Å². The molecule has 1 aromatic rings. The maximum absolute atomic E-state index is 6.52. The first-order chi connectivity index (χ1) is 13.1. The molecule has 0 unspecified atom stereocenters. The molecule has 0 N–H and O–H groups in total. The van der Waals surface area contributed by atoms with Gasteiger partial charge in [0.1, 0.15) is 0 Å². The zero-order chi connectivity index (χ0) is 22.0. The van der Waals surface area contributed by atoms with Crippen LogP contribution in [0.3, 0.4) is 0 Å². The van der Waals surface area contributed by atoms with Crippen LogP contribution in [0.25, 0.3) is 0 Å². The minimum absolute atomic E-state index is 0.160. The molecule has 0 atom stereocenters. The lowest BCUT2D eigenvalue weighted by molar-refractivity contribution is 0.00578. The monoisotopic (exact) mass is 415 g/mol. The van der Waals surface area contributed by atoms with Gasteiger partial charge >= 0.3 is 14.2 Å². The molecule has 2 saturated heterocycles. The summed E-state index contributed by atoms with van der Waals surface area (Å²) >= 11 is 0. The van der Waals surface area contributed by atoms with E-state index in [0.717, 1.165) is 0 Å². The molecule has 0 aliphatic carbocycles. The van der Waals surface area contributed by atoms with Crippen LogP contribution in [-0.4, -0.2) is 45.4 Å². The summed E-state index contributed by atoms with van der Waals surface area (Å²) in [6, 6.07) is 6.71. The number of hydrogen-bond acceptors (Lipinski definition) is 4. The molecule has 0 amide bonds. The van der Waals surface area contributed by atoms with E-state index in [1.54, 1.807) is 0 Å². The van der Waals surface area contributed by atoms with Crippen LogP contribution in [0, 0.1) is 6.92 Å². The van der Waals surface area contributed by atoms with E-state index in [2.05, 4.69) is 93.6 Å². The van der Waals surface area contributed by atoms with E-state index in [4.69, 9.17) is 18.6 Å². The van der Waals surface area contributed by atoms with E-state index >= 15 is 0 Å². The third kappa shape index (κ3) is 4.01. The van der Waals surface area contributed by atoms with Crippen molar-refractivity contribution in [1.29, 1.82) is 0 Å². The molecule has 0 spiro atoms. The summed E-state index contributed by atoms with van der Waals surface area (Å²) in [5.74, 6) is 0. The van der Waals surface area contributed by atoms with Gasteiger partial charge in [-0.15, -0.1) is 0 Å². The van der Waals surface area contributed by atoms with Crippen molar-refractivity contribution in [3.63, 3.8) is 0 Å². The molecule has 29 heavy (non-hydrogen) atoms. The average Bonchev–Trinajstić information content (AvgIpc) is 2.88. The second kappa shape index (κ2) is 7.23. The first-order valence-corrected chi connectivity index (χ1v) is 13.2. The molecule has 2 heterocycles. The van der Waals surface area contributed by atoms with Gasteiger partial charge in [0, 0.05) is 0 Å². The highest BCUT2D eigenvalue weighted by molar-refractivity contribution is 6.74. The van der Waals surface area contributed by atoms with E-state index in [9.17, 15) is 0 Å². The van der Waals surface area contributed by atoms with Crippen molar-refractivity contribution < 1.29 is 18.6 Å². The standard InChI is InChI=1S/C22H37B2O4Si/c1-15-12-13-16(17(14-15)29(10)11)18(23-25-19(2,3)20(4,5)26-23)24-27-21(6,7)22(8,9)28-24/h12-14,18H,1-11H3. The van der Waals surface area contributed by atoms with E-state index in [0.29, 0.717) is 0 Å². The normalized spacial score (nSPS) is 24.7. The molecule has 2 fully saturated rings. The molecular weight excluding hydrogens is 378 g/mol. The Bertz CT molecular complexity index is 708. The zero-order valence-electron chi connectivity index (χ0n) is 20.1. The first-order valence-electron chi connectivity index (χ1n) is 10.7. The summed E-state index contributed by atoms with van der Waals surface area (Å²) in [5, 5.41) is 1.39. The quantitative estimate of drug-likeness (QED) is 0.688. The molecule has 1 aromatic carbocycles. The Hall–Kier alpha value is -0.593. The molecule has 4 nitrogen and oxygen atoms in total. The zero-order valence-corrected chi connectivity index (χ0v) is 21.1. The molecular formula is C22H37B2O4Si. The fourth-order valence-corrected chi connectivity index (χ4v) is 5.23. The first kappa shape index (κ1) is 23.1. The third-order valence-corrected chi connectivity index (χ3v) is 8.75. The van der Waals surface area contributed by atoms with Crippen LogP contribution >= 0.6 is 0 Å². The average molecular weight is 415 g/mol. The van der Waals surface area contributed by atoms with Gasteiger partial charge in [0.25, 0.3) is 0 Å². The predicted molar refractivity (Wildman–Crippen MR) is 123 cm³/mol. The summed E-state index contributed by atoms with van der Waals surface area (Å²) in [5.41, 5.74) is 0.719. The van der Waals surface area contributed by atoms with Gasteiger partial charge in [-0.25, -0.2) is 0 Å².